The maximum atomic E-state index is 13.3. The van der Waals surface area contributed by atoms with Crippen molar-refractivity contribution in [1.29, 1.82) is 0 Å². The molecule has 1 atom stereocenters. The van der Waals surface area contributed by atoms with E-state index < -0.39 is 23.9 Å². The highest BCUT2D eigenvalue weighted by Crippen LogP contribution is 2.24. The number of hydrogen-bond acceptors (Lipinski definition) is 2. The third-order valence-corrected chi connectivity index (χ3v) is 2.58. The van der Waals surface area contributed by atoms with Crippen molar-refractivity contribution in [3.05, 3.63) is 28.5 Å². The van der Waals surface area contributed by atoms with E-state index in [0.717, 1.165) is 0 Å². The van der Waals surface area contributed by atoms with Crippen molar-refractivity contribution in [3.8, 4) is 0 Å². The molecule has 0 fully saturated rings. The van der Waals surface area contributed by atoms with Crippen LogP contribution in [0.4, 0.5) is 14.9 Å². The zero-order valence-electron chi connectivity index (χ0n) is 8.83. The number of anilines is 1. The summed E-state index contributed by atoms with van der Waals surface area (Å²) in [5.41, 5.74) is -0.0393. The standard InChI is InChI=1S/C10H10BrFN2O3/c1-5(9(15)16)13-10(17)14-8-6(11)3-2-4-7(8)12/h2-5H,1H3,(H,15,16)(H2,13,14,17)/t5-/m0/s1. The summed E-state index contributed by atoms with van der Waals surface area (Å²) >= 11 is 3.07. The summed E-state index contributed by atoms with van der Waals surface area (Å²) in [6, 6.07) is 2.37. The van der Waals surface area contributed by atoms with Crippen LogP contribution in [0.5, 0.6) is 0 Å². The maximum absolute atomic E-state index is 13.3. The van der Waals surface area contributed by atoms with Crippen molar-refractivity contribution in [1.82, 2.24) is 5.32 Å². The second kappa shape index (κ2) is 5.62. The molecule has 7 heteroatoms. The van der Waals surface area contributed by atoms with E-state index >= 15 is 0 Å². The Morgan fingerprint density at radius 2 is 2.12 bits per heavy atom. The van der Waals surface area contributed by atoms with E-state index in [0.29, 0.717) is 4.47 Å². The number of benzene rings is 1. The Kier molecular flexibility index (Phi) is 4.45. The van der Waals surface area contributed by atoms with Gasteiger partial charge in [0.1, 0.15) is 11.9 Å². The Morgan fingerprint density at radius 3 is 2.65 bits per heavy atom. The first kappa shape index (κ1) is 13.4. The Morgan fingerprint density at radius 1 is 1.47 bits per heavy atom. The van der Waals surface area contributed by atoms with Crippen molar-refractivity contribution in [2.45, 2.75) is 13.0 Å². The van der Waals surface area contributed by atoms with Crippen molar-refractivity contribution in [2.75, 3.05) is 5.32 Å². The maximum Gasteiger partial charge on any atom is 0.325 e. The van der Waals surface area contributed by atoms with E-state index in [2.05, 4.69) is 26.6 Å². The SMILES string of the molecule is C[C@H](NC(=O)Nc1c(F)cccc1Br)C(=O)O. The molecular formula is C10H10BrFN2O3. The highest BCUT2D eigenvalue weighted by molar-refractivity contribution is 9.10. The van der Waals surface area contributed by atoms with Crippen LogP contribution in [0.15, 0.2) is 22.7 Å². The molecule has 1 aromatic rings. The molecule has 3 N–H and O–H groups in total. The molecule has 0 spiro atoms. The lowest BCUT2D eigenvalue weighted by molar-refractivity contribution is -0.138. The number of para-hydroxylation sites is 1. The summed E-state index contributed by atoms with van der Waals surface area (Å²) in [5.74, 6) is -1.79. The Bertz CT molecular complexity index is 433. The van der Waals surface area contributed by atoms with Gasteiger partial charge in [-0.05, 0) is 35.0 Å². The lowest BCUT2D eigenvalue weighted by Gasteiger charge is -2.12. The average Bonchev–Trinajstić information content (AvgIpc) is 2.23. The zero-order chi connectivity index (χ0) is 13.0. The van der Waals surface area contributed by atoms with Crippen molar-refractivity contribution >= 4 is 33.6 Å². The molecule has 0 aliphatic heterocycles. The number of aliphatic carboxylic acids is 1. The lowest BCUT2D eigenvalue weighted by atomic mass is 10.3. The molecule has 0 aliphatic rings. The fourth-order valence-electron chi connectivity index (χ4n) is 1.03. The highest BCUT2D eigenvalue weighted by Gasteiger charge is 2.15. The first-order valence-corrected chi connectivity index (χ1v) is 5.45. The van der Waals surface area contributed by atoms with Crippen LogP contribution >= 0.6 is 15.9 Å². The Hall–Kier alpha value is -1.63. The second-order valence-corrected chi connectivity index (χ2v) is 4.11. The van der Waals surface area contributed by atoms with Crippen LogP contribution < -0.4 is 10.6 Å². The number of carboxylic acid groups (broad SMARTS) is 1. The van der Waals surface area contributed by atoms with Crippen LogP contribution in [0.1, 0.15) is 6.92 Å². The van der Waals surface area contributed by atoms with Crippen LogP contribution in [-0.2, 0) is 4.79 Å². The largest absolute Gasteiger partial charge is 0.480 e. The number of rotatable bonds is 3. The van der Waals surface area contributed by atoms with Gasteiger partial charge in [0.15, 0.2) is 0 Å². The third-order valence-electron chi connectivity index (χ3n) is 1.92. The minimum atomic E-state index is -1.17. The van der Waals surface area contributed by atoms with Crippen LogP contribution in [0.3, 0.4) is 0 Å². The summed E-state index contributed by atoms with van der Waals surface area (Å²) in [5, 5.41) is 13.0. The number of carbonyl (C=O) groups excluding carboxylic acids is 1. The predicted octanol–water partition coefficient (Wildman–Crippen LogP) is 2.18. The molecule has 1 aromatic carbocycles. The molecule has 0 saturated heterocycles. The molecule has 0 saturated carbocycles. The summed E-state index contributed by atoms with van der Waals surface area (Å²) in [7, 11) is 0. The molecule has 1 rings (SSSR count). The minimum Gasteiger partial charge on any atom is -0.480 e. The summed E-state index contributed by atoms with van der Waals surface area (Å²) in [4.78, 5) is 21.9. The Labute approximate surface area is 105 Å². The second-order valence-electron chi connectivity index (χ2n) is 3.26. The number of carbonyl (C=O) groups is 2. The molecular weight excluding hydrogens is 295 g/mol. The molecule has 17 heavy (non-hydrogen) atoms. The van der Waals surface area contributed by atoms with Crippen molar-refractivity contribution in [2.24, 2.45) is 0 Å². The fourth-order valence-corrected chi connectivity index (χ4v) is 1.47. The van der Waals surface area contributed by atoms with Crippen molar-refractivity contribution in [3.63, 3.8) is 0 Å². The van der Waals surface area contributed by atoms with E-state index in [-0.39, 0.29) is 5.69 Å². The summed E-state index contributed by atoms with van der Waals surface area (Å²) in [6.07, 6.45) is 0. The number of nitrogens with one attached hydrogen (secondary N) is 2. The molecule has 5 nitrogen and oxygen atoms in total. The summed E-state index contributed by atoms with van der Waals surface area (Å²) in [6.45, 7) is 1.30. The molecule has 2 amide bonds. The van der Waals surface area contributed by atoms with E-state index in [9.17, 15) is 14.0 Å². The van der Waals surface area contributed by atoms with E-state index in [4.69, 9.17) is 5.11 Å². The number of carboxylic acids is 1. The van der Waals surface area contributed by atoms with Crippen LogP contribution in [0.25, 0.3) is 0 Å². The molecule has 92 valence electrons. The van der Waals surface area contributed by atoms with Gasteiger partial charge in [0, 0.05) is 4.47 Å². The third kappa shape index (κ3) is 3.70. The minimum absolute atomic E-state index is 0.0393. The van der Waals surface area contributed by atoms with Crippen molar-refractivity contribution < 1.29 is 19.1 Å². The molecule has 0 aliphatic carbocycles. The molecule has 0 heterocycles. The first-order valence-electron chi connectivity index (χ1n) is 4.66. The fraction of sp³-hybridized carbons (Fsp3) is 0.200. The van der Waals surface area contributed by atoms with Gasteiger partial charge in [0.2, 0.25) is 0 Å². The average molecular weight is 305 g/mol. The van der Waals surface area contributed by atoms with Gasteiger partial charge in [-0.1, -0.05) is 6.07 Å². The molecule has 0 aromatic heterocycles. The van der Waals surface area contributed by atoms with E-state index in [1.807, 2.05) is 0 Å². The monoisotopic (exact) mass is 304 g/mol. The lowest BCUT2D eigenvalue weighted by Crippen LogP contribution is -2.41. The molecule has 0 unspecified atom stereocenters. The van der Waals surface area contributed by atoms with Crippen LogP contribution in [0.2, 0.25) is 0 Å². The smallest absolute Gasteiger partial charge is 0.325 e. The Balaban J connectivity index is 2.72. The first-order chi connectivity index (χ1) is 7.91. The number of halogens is 2. The van der Waals surface area contributed by atoms with Gasteiger partial charge in [-0.15, -0.1) is 0 Å². The summed E-state index contributed by atoms with van der Waals surface area (Å²) < 4.78 is 13.7. The van der Waals surface area contributed by atoms with Gasteiger partial charge in [-0.3, -0.25) is 4.79 Å². The van der Waals surface area contributed by atoms with E-state index in [1.54, 1.807) is 6.07 Å². The van der Waals surface area contributed by atoms with Gasteiger partial charge >= 0.3 is 12.0 Å². The van der Waals surface area contributed by atoms with E-state index in [1.165, 1.54) is 19.1 Å². The molecule has 0 radical (unpaired) electrons. The van der Waals surface area contributed by atoms with Gasteiger partial charge in [-0.2, -0.15) is 0 Å². The van der Waals surface area contributed by atoms with Crippen LogP contribution in [0, 0.1) is 5.82 Å². The number of urea groups is 1. The number of hydrogen-bond donors (Lipinski definition) is 3. The topological polar surface area (TPSA) is 78.4 Å². The van der Waals surface area contributed by atoms with Gasteiger partial charge in [0.05, 0.1) is 5.69 Å². The normalized spacial score (nSPS) is 11.7. The van der Waals surface area contributed by atoms with Gasteiger partial charge in [-0.25, -0.2) is 9.18 Å². The number of amides is 2. The predicted molar refractivity (Wildman–Crippen MR) is 63.4 cm³/mol. The van der Waals surface area contributed by atoms with Crippen LogP contribution in [-0.4, -0.2) is 23.1 Å². The highest BCUT2D eigenvalue weighted by atomic mass is 79.9. The van der Waals surface area contributed by atoms with Gasteiger partial charge in [0.25, 0.3) is 0 Å². The molecule has 0 bridgehead atoms. The van der Waals surface area contributed by atoms with Gasteiger partial charge < -0.3 is 15.7 Å². The quantitative estimate of drug-likeness (QED) is 0.801. The zero-order valence-corrected chi connectivity index (χ0v) is 10.4.